The van der Waals surface area contributed by atoms with Crippen LogP contribution in [0.25, 0.3) is 11.2 Å². The molecule has 2 aromatic heterocycles. The van der Waals surface area contributed by atoms with Crippen molar-refractivity contribution in [3.8, 4) is 0 Å². The molecule has 7 nitrogen and oxygen atoms in total. The summed E-state index contributed by atoms with van der Waals surface area (Å²) in [6, 6.07) is 4.67. The third-order valence-electron chi connectivity index (χ3n) is 6.82. The maximum atomic E-state index is 13.0. The molecular weight excluding hydrogens is 414 g/mol. The van der Waals surface area contributed by atoms with Crippen LogP contribution in [0.4, 0.5) is 5.69 Å². The van der Waals surface area contributed by atoms with Gasteiger partial charge in [-0.2, -0.15) is 0 Å². The first-order valence-corrected chi connectivity index (χ1v) is 11.8. The smallest absolute Gasteiger partial charge is 0.338 e. The fourth-order valence-corrected chi connectivity index (χ4v) is 4.92. The summed E-state index contributed by atoms with van der Waals surface area (Å²) in [6.45, 7) is 13.0. The predicted molar refractivity (Wildman–Crippen MR) is 134 cm³/mol. The summed E-state index contributed by atoms with van der Waals surface area (Å²) in [5.74, 6) is -0.284. The minimum absolute atomic E-state index is 0.170. The van der Waals surface area contributed by atoms with E-state index >= 15 is 0 Å². The van der Waals surface area contributed by atoms with Crippen molar-refractivity contribution in [3.05, 3.63) is 54.0 Å². The average molecular weight is 452 g/mol. The van der Waals surface area contributed by atoms with Crippen molar-refractivity contribution >= 4 is 22.9 Å². The van der Waals surface area contributed by atoms with E-state index in [1.54, 1.807) is 0 Å². The van der Waals surface area contributed by atoms with Crippen LogP contribution in [0.2, 0.25) is 0 Å². The van der Waals surface area contributed by atoms with Gasteiger partial charge in [0.1, 0.15) is 0 Å². The van der Waals surface area contributed by atoms with Gasteiger partial charge >= 0.3 is 5.97 Å². The van der Waals surface area contributed by atoms with E-state index in [-0.39, 0.29) is 12.1 Å². The highest BCUT2D eigenvalue weighted by Crippen LogP contribution is 2.32. The summed E-state index contributed by atoms with van der Waals surface area (Å²) in [4.78, 5) is 17.7. The lowest BCUT2D eigenvalue weighted by Crippen LogP contribution is -2.41. The molecule has 1 saturated heterocycles. The van der Waals surface area contributed by atoms with Crippen LogP contribution < -0.4 is 5.01 Å². The number of anilines is 1. The molecule has 4 rings (SSSR count). The molecule has 0 atom stereocenters. The second kappa shape index (κ2) is 9.14. The van der Waals surface area contributed by atoms with Crippen LogP contribution in [0, 0.1) is 6.92 Å². The van der Waals surface area contributed by atoms with Gasteiger partial charge < -0.3 is 18.9 Å². The number of rotatable bonds is 6. The Morgan fingerprint density at radius 3 is 2.48 bits per heavy atom. The maximum absolute atomic E-state index is 13.0. The Kier molecular flexibility index (Phi) is 6.43. The van der Waals surface area contributed by atoms with Crippen LogP contribution in [0.5, 0.6) is 0 Å². The number of hydrogen-bond acceptors (Lipinski definition) is 6. The molecule has 0 unspecified atom stereocenters. The molecule has 0 aromatic carbocycles. The van der Waals surface area contributed by atoms with Crippen LogP contribution >= 0.6 is 0 Å². The first-order chi connectivity index (χ1) is 15.7. The molecule has 7 heteroatoms. The summed E-state index contributed by atoms with van der Waals surface area (Å²) in [5, 5.41) is 4.28. The Balaban J connectivity index is 1.76. The Morgan fingerprint density at radius 1 is 1.21 bits per heavy atom. The fourth-order valence-electron chi connectivity index (χ4n) is 4.92. The highest BCUT2D eigenvalue weighted by molar-refractivity contribution is 5.94. The zero-order valence-electron chi connectivity index (χ0n) is 20.8. The van der Waals surface area contributed by atoms with Gasteiger partial charge in [0.05, 0.1) is 35.3 Å². The Labute approximate surface area is 197 Å². The van der Waals surface area contributed by atoms with E-state index in [0.717, 1.165) is 60.6 Å². The molecule has 0 amide bonds. The minimum Gasteiger partial charge on any atom is -0.459 e. The van der Waals surface area contributed by atoms with Gasteiger partial charge in [0, 0.05) is 44.1 Å². The number of aromatic nitrogens is 1. The van der Waals surface area contributed by atoms with Gasteiger partial charge in [-0.05, 0) is 71.5 Å². The highest BCUT2D eigenvalue weighted by atomic mass is 16.5. The van der Waals surface area contributed by atoms with Crippen molar-refractivity contribution in [2.45, 2.75) is 45.8 Å². The van der Waals surface area contributed by atoms with Crippen molar-refractivity contribution in [3.63, 3.8) is 0 Å². The molecule has 2 aromatic rings. The van der Waals surface area contributed by atoms with Crippen LogP contribution in [0.3, 0.4) is 0 Å². The molecule has 0 spiro atoms. The summed E-state index contributed by atoms with van der Waals surface area (Å²) >= 11 is 0. The van der Waals surface area contributed by atoms with Crippen LogP contribution in [0.15, 0.2) is 37.2 Å². The van der Waals surface area contributed by atoms with Crippen LogP contribution in [-0.4, -0.2) is 78.1 Å². The van der Waals surface area contributed by atoms with Gasteiger partial charge in [-0.1, -0.05) is 6.58 Å². The third kappa shape index (κ3) is 4.47. The number of hydrogen-bond donors (Lipinski definition) is 0. The van der Waals surface area contributed by atoms with E-state index in [2.05, 4.69) is 69.4 Å². The average Bonchev–Trinajstić information content (AvgIpc) is 3.37. The van der Waals surface area contributed by atoms with E-state index in [1.165, 1.54) is 0 Å². The van der Waals surface area contributed by atoms with Crippen LogP contribution in [-0.2, 0) is 4.74 Å². The highest BCUT2D eigenvalue weighted by Gasteiger charge is 2.27. The Bertz CT molecular complexity index is 1080. The molecule has 0 N–H and O–H groups in total. The second-order valence-corrected chi connectivity index (χ2v) is 9.65. The van der Waals surface area contributed by atoms with E-state index < -0.39 is 0 Å². The van der Waals surface area contributed by atoms with E-state index in [9.17, 15) is 4.79 Å². The number of fused-ring (bicyclic) bond motifs is 1. The molecule has 1 fully saturated rings. The second-order valence-electron chi connectivity index (χ2n) is 9.65. The zero-order valence-corrected chi connectivity index (χ0v) is 20.8. The third-order valence-corrected chi connectivity index (χ3v) is 6.82. The number of nitrogens with zero attached hydrogens (tertiary/aromatic N) is 5. The largest absolute Gasteiger partial charge is 0.459 e. The zero-order chi connectivity index (χ0) is 23.9. The number of carbonyl (C=O) groups is 1. The molecule has 0 bridgehead atoms. The van der Waals surface area contributed by atoms with Gasteiger partial charge in [0.15, 0.2) is 0 Å². The molecule has 2 aliphatic heterocycles. The number of pyridine rings is 1. The lowest BCUT2D eigenvalue weighted by molar-refractivity contribution is 0.0377. The van der Waals surface area contributed by atoms with Gasteiger partial charge in [-0.25, -0.2) is 4.79 Å². The quantitative estimate of drug-likeness (QED) is 0.619. The Morgan fingerprint density at radius 2 is 1.91 bits per heavy atom. The minimum atomic E-state index is -0.284. The number of carbonyl (C=O) groups excluding carboxylic acids is 1. The number of piperidine rings is 1. The number of ether oxygens (including phenoxy) is 1. The summed E-state index contributed by atoms with van der Waals surface area (Å²) in [5.41, 5.74) is 5.50. The SMILES string of the molecule is C=C(c1c(C)c(C(=O)OC(C)C)cc2cc(N3CC=CN3C)cn12)N1CCC(N(C)C)CC1. The molecule has 0 radical (unpaired) electrons. The first-order valence-electron chi connectivity index (χ1n) is 11.8. The monoisotopic (exact) mass is 451 g/mol. The standard InChI is InChI=1S/C26H37N5O2/c1-18(2)33-26(32)24-16-22-15-23(31-12-8-11-28(31)7)17-30(22)25(19(24)3)20(4)29-13-9-21(10-14-29)27(5)6/h8,11,15-18,21H,4,9-10,12-14H2,1-3,5-7H3. The summed E-state index contributed by atoms with van der Waals surface area (Å²) in [6.07, 6.45) is 8.38. The fraction of sp³-hybridized carbons (Fsp3) is 0.500. The van der Waals surface area contributed by atoms with Crippen molar-refractivity contribution in [2.75, 3.05) is 45.8 Å². The molecule has 4 heterocycles. The van der Waals surface area contributed by atoms with Crippen LogP contribution in [0.1, 0.15) is 48.3 Å². The van der Waals surface area contributed by atoms with E-state index in [4.69, 9.17) is 4.74 Å². The molecule has 0 aliphatic carbocycles. The number of likely N-dealkylation sites (tertiary alicyclic amines) is 1. The van der Waals surface area contributed by atoms with Crippen molar-refractivity contribution in [1.29, 1.82) is 0 Å². The molecule has 0 saturated carbocycles. The lowest BCUT2D eigenvalue weighted by atomic mass is 10.0. The van der Waals surface area contributed by atoms with Gasteiger partial charge in [-0.3, -0.25) is 10.0 Å². The van der Waals surface area contributed by atoms with E-state index in [0.29, 0.717) is 11.6 Å². The molecule has 33 heavy (non-hydrogen) atoms. The normalized spacial score (nSPS) is 17.2. The number of hydrazine groups is 1. The number of esters is 1. The van der Waals surface area contributed by atoms with Gasteiger partial charge in [-0.15, -0.1) is 0 Å². The molecular formula is C26H37N5O2. The lowest BCUT2D eigenvalue weighted by Gasteiger charge is -2.38. The topological polar surface area (TPSA) is 43.7 Å². The van der Waals surface area contributed by atoms with Gasteiger partial charge in [0.2, 0.25) is 0 Å². The maximum Gasteiger partial charge on any atom is 0.338 e. The Hall–Kier alpha value is -2.93. The summed E-state index contributed by atoms with van der Waals surface area (Å²) < 4.78 is 7.77. The van der Waals surface area contributed by atoms with E-state index in [1.807, 2.05) is 33.9 Å². The summed E-state index contributed by atoms with van der Waals surface area (Å²) in [7, 11) is 6.34. The molecule has 178 valence electrons. The van der Waals surface area contributed by atoms with Crippen molar-refractivity contribution < 1.29 is 9.53 Å². The van der Waals surface area contributed by atoms with Crippen molar-refractivity contribution in [1.82, 2.24) is 19.2 Å². The first kappa shape index (κ1) is 23.2. The molecule has 2 aliphatic rings. The predicted octanol–water partition coefficient (Wildman–Crippen LogP) is 3.99. The van der Waals surface area contributed by atoms with Crippen molar-refractivity contribution in [2.24, 2.45) is 0 Å². The van der Waals surface area contributed by atoms with Gasteiger partial charge in [0.25, 0.3) is 0 Å².